The molecule has 0 aliphatic heterocycles. The fraction of sp³-hybridized carbons (Fsp3) is 0.467. The van der Waals surface area contributed by atoms with E-state index in [0.717, 1.165) is 17.3 Å². The van der Waals surface area contributed by atoms with Gasteiger partial charge in [-0.15, -0.1) is 0 Å². The highest BCUT2D eigenvalue weighted by molar-refractivity contribution is 9.10. The molecule has 0 aliphatic carbocycles. The molecule has 1 rings (SSSR count). The Hall–Kier alpha value is -0.760. The standard InChI is InChI=1S/C15H17BrCl2N2O/c1-3-5-15(9-19,6-4-2)14(21)20-13-11(17)7-10(16)8-12(13)18/h7-8H,3-6H2,1-2H3,(H,20,21). The summed E-state index contributed by atoms with van der Waals surface area (Å²) in [6.45, 7) is 3.91. The van der Waals surface area contributed by atoms with Gasteiger partial charge >= 0.3 is 0 Å². The van der Waals surface area contributed by atoms with E-state index >= 15 is 0 Å². The smallest absolute Gasteiger partial charge is 0.244 e. The molecule has 1 N–H and O–H groups in total. The van der Waals surface area contributed by atoms with E-state index in [1.54, 1.807) is 12.1 Å². The van der Waals surface area contributed by atoms with Gasteiger partial charge in [0, 0.05) is 4.47 Å². The summed E-state index contributed by atoms with van der Waals surface area (Å²) in [5.41, 5.74) is -0.693. The summed E-state index contributed by atoms with van der Waals surface area (Å²) in [6, 6.07) is 5.48. The van der Waals surface area contributed by atoms with Gasteiger partial charge in [-0.05, 0) is 25.0 Å². The van der Waals surface area contributed by atoms with E-state index in [1.165, 1.54) is 0 Å². The average molecular weight is 392 g/mol. The van der Waals surface area contributed by atoms with Crippen LogP contribution in [-0.2, 0) is 4.79 Å². The van der Waals surface area contributed by atoms with Crippen molar-refractivity contribution in [1.82, 2.24) is 0 Å². The predicted octanol–water partition coefficient (Wildman–Crippen LogP) is 5.80. The lowest BCUT2D eigenvalue weighted by molar-refractivity contribution is -0.123. The molecule has 0 unspecified atom stereocenters. The molecule has 0 radical (unpaired) electrons. The first-order valence-corrected chi connectivity index (χ1v) is 8.32. The van der Waals surface area contributed by atoms with Crippen molar-refractivity contribution in [3.05, 3.63) is 26.7 Å². The van der Waals surface area contributed by atoms with E-state index in [9.17, 15) is 10.1 Å². The molecule has 0 heterocycles. The molecular formula is C15H17BrCl2N2O. The van der Waals surface area contributed by atoms with E-state index in [2.05, 4.69) is 27.3 Å². The summed E-state index contributed by atoms with van der Waals surface area (Å²) in [4.78, 5) is 12.6. The van der Waals surface area contributed by atoms with Crippen molar-refractivity contribution in [2.45, 2.75) is 39.5 Å². The van der Waals surface area contributed by atoms with Gasteiger partial charge in [0.2, 0.25) is 5.91 Å². The number of nitrogens with one attached hydrogen (secondary N) is 1. The predicted molar refractivity (Wildman–Crippen MR) is 90.7 cm³/mol. The molecule has 0 atom stereocenters. The van der Waals surface area contributed by atoms with Crippen LogP contribution in [0.3, 0.4) is 0 Å². The van der Waals surface area contributed by atoms with Crippen LogP contribution in [0.2, 0.25) is 10.0 Å². The molecule has 0 saturated heterocycles. The molecular weight excluding hydrogens is 375 g/mol. The molecule has 1 amide bonds. The van der Waals surface area contributed by atoms with Crippen LogP contribution in [0.5, 0.6) is 0 Å². The molecule has 21 heavy (non-hydrogen) atoms. The van der Waals surface area contributed by atoms with Gasteiger partial charge in [-0.2, -0.15) is 5.26 Å². The molecule has 114 valence electrons. The van der Waals surface area contributed by atoms with Crippen LogP contribution in [0.4, 0.5) is 5.69 Å². The SMILES string of the molecule is CCCC(C#N)(CCC)C(=O)Nc1c(Cl)cc(Br)cc1Cl. The van der Waals surface area contributed by atoms with Crippen LogP contribution < -0.4 is 5.32 Å². The summed E-state index contributed by atoms with van der Waals surface area (Å²) in [7, 11) is 0. The maximum absolute atomic E-state index is 12.6. The van der Waals surface area contributed by atoms with Crippen molar-refractivity contribution in [1.29, 1.82) is 5.26 Å². The van der Waals surface area contributed by atoms with Crippen molar-refractivity contribution in [2.24, 2.45) is 5.41 Å². The van der Waals surface area contributed by atoms with Crippen LogP contribution in [-0.4, -0.2) is 5.91 Å². The molecule has 0 bridgehead atoms. The minimum Gasteiger partial charge on any atom is -0.322 e. The van der Waals surface area contributed by atoms with E-state index in [4.69, 9.17) is 23.2 Å². The monoisotopic (exact) mass is 390 g/mol. The summed E-state index contributed by atoms with van der Waals surface area (Å²) >= 11 is 15.5. The van der Waals surface area contributed by atoms with Gasteiger partial charge in [-0.25, -0.2) is 0 Å². The molecule has 0 aromatic heterocycles. The minimum atomic E-state index is -1.04. The van der Waals surface area contributed by atoms with E-state index in [-0.39, 0.29) is 5.91 Å². The third kappa shape index (κ3) is 4.35. The number of hydrogen-bond donors (Lipinski definition) is 1. The van der Waals surface area contributed by atoms with Crippen molar-refractivity contribution in [2.75, 3.05) is 5.32 Å². The molecule has 0 fully saturated rings. The summed E-state index contributed by atoms with van der Waals surface area (Å²) in [6.07, 6.45) is 2.52. The second kappa shape index (κ2) is 8.03. The van der Waals surface area contributed by atoms with Gasteiger partial charge < -0.3 is 5.32 Å². The molecule has 0 saturated carbocycles. The number of carbonyl (C=O) groups is 1. The number of amides is 1. The Balaban J connectivity index is 3.11. The van der Waals surface area contributed by atoms with E-state index in [0.29, 0.717) is 28.6 Å². The first-order valence-electron chi connectivity index (χ1n) is 6.77. The minimum absolute atomic E-state index is 0.336. The Morgan fingerprint density at radius 3 is 2.14 bits per heavy atom. The quantitative estimate of drug-likeness (QED) is 0.665. The lowest BCUT2D eigenvalue weighted by atomic mass is 9.79. The lowest BCUT2D eigenvalue weighted by Crippen LogP contribution is -2.35. The van der Waals surface area contributed by atoms with Crippen molar-refractivity contribution >= 4 is 50.7 Å². The second-order valence-electron chi connectivity index (χ2n) is 4.89. The number of nitriles is 1. The summed E-state index contributed by atoms with van der Waals surface area (Å²) in [5, 5.41) is 12.9. The number of hydrogen-bond acceptors (Lipinski definition) is 2. The Bertz CT molecular complexity index is 540. The normalized spacial score (nSPS) is 11.0. The fourth-order valence-corrected chi connectivity index (χ4v) is 3.57. The number of benzene rings is 1. The van der Waals surface area contributed by atoms with Gasteiger partial charge in [0.1, 0.15) is 5.41 Å². The number of halogens is 3. The zero-order valence-corrected chi connectivity index (χ0v) is 15.1. The fourth-order valence-electron chi connectivity index (χ4n) is 2.26. The van der Waals surface area contributed by atoms with Crippen molar-refractivity contribution in [3.8, 4) is 6.07 Å². The molecule has 6 heteroatoms. The van der Waals surface area contributed by atoms with Gasteiger partial charge in [0.15, 0.2) is 0 Å². The van der Waals surface area contributed by atoms with Gasteiger partial charge in [-0.3, -0.25) is 4.79 Å². The first kappa shape index (κ1) is 18.3. The van der Waals surface area contributed by atoms with Crippen LogP contribution in [0.15, 0.2) is 16.6 Å². The Morgan fingerprint density at radius 1 is 1.29 bits per heavy atom. The molecule has 3 nitrogen and oxygen atoms in total. The van der Waals surface area contributed by atoms with Gasteiger partial charge in [0.05, 0.1) is 21.8 Å². The third-order valence-corrected chi connectivity index (χ3v) is 4.30. The van der Waals surface area contributed by atoms with Crippen LogP contribution in [0.1, 0.15) is 39.5 Å². The zero-order valence-electron chi connectivity index (χ0n) is 12.0. The highest BCUT2D eigenvalue weighted by Crippen LogP contribution is 2.37. The molecule has 1 aromatic rings. The average Bonchev–Trinajstić information content (AvgIpc) is 2.42. The zero-order chi connectivity index (χ0) is 16.0. The Morgan fingerprint density at radius 2 is 1.76 bits per heavy atom. The summed E-state index contributed by atoms with van der Waals surface area (Å²) < 4.78 is 0.726. The third-order valence-electron chi connectivity index (χ3n) is 3.25. The Labute approximate surface area is 143 Å². The number of rotatable bonds is 6. The van der Waals surface area contributed by atoms with Gasteiger partial charge in [-0.1, -0.05) is 65.8 Å². The van der Waals surface area contributed by atoms with Crippen molar-refractivity contribution < 1.29 is 4.79 Å². The van der Waals surface area contributed by atoms with E-state index < -0.39 is 5.41 Å². The topological polar surface area (TPSA) is 52.9 Å². The summed E-state index contributed by atoms with van der Waals surface area (Å²) in [5.74, 6) is -0.347. The van der Waals surface area contributed by atoms with Gasteiger partial charge in [0.25, 0.3) is 0 Å². The second-order valence-corrected chi connectivity index (χ2v) is 6.62. The highest BCUT2D eigenvalue weighted by atomic mass is 79.9. The largest absolute Gasteiger partial charge is 0.322 e. The number of carbonyl (C=O) groups excluding carboxylic acids is 1. The van der Waals surface area contributed by atoms with Crippen LogP contribution in [0.25, 0.3) is 0 Å². The number of nitrogens with zero attached hydrogens (tertiary/aromatic N) is 1. The first-order chi connectivity index (χ1) is 9.90. The maximum atomic E-state index is 12.6. The highest BCUT2D eigenvalue weighted by Gasteiger charge is 2.37. The molecule has 0 spiro atoms. The molecule has 1 aromatic carbocycles. The Kier molecular flexibility index (Phi) is 6.99. The molecule has 0 aliphatic rings. The van der Waals surface area contributed by atoms with Crippen LogP contribution in [0, 0.1) is 16.7 Å². The maximum Gasteiger partial charge on any atom is 0.244 e. The van der Waals surface area contributed by atoms with Crippen LogP contribution >= 0.6 is 39.1 Å². The number of anilines is 1. The van der Waals surface area contributed by atoms with E-state index in [1.807, 2.05) is 13.8 Å². The lowest BCUT2D eigenvalue weighted by Gasteiger charge is -2.25. The van der Waals surface area contributed by atoms with Crippen molar-refractivity contribution in [3.63, 3.8) is 0 Å².